The molecule has 1 aromatic heterocycles. The maximum Gasteiger partial charge on any atom is 0.324 e. The van der Waals surface area contributed by atoms with Gasteiger partial charge in [0, 0.05) is 43.9 Å². The van der Waals surface area contributed by atoms with Crippen LogP contribution in [0.15, 0.2) is 47.3 Å². The summed E-state index contributed by atoms with van der Waals surface area (Å²) < 4.78 is 6.97. The van der Waals surface area contributed by atoms with E-state index in [2.05, 4.69) is 5.32 Å². The van der Waals surface area contributed by atoms with Crippen LogP contribution in [0.5, 0.6) is 5.75 Å². The Morgan fingerprint density at radius 3 is 2.62 bits per heavy atom. The molecule has 9 nitrogen and oxygen atoms in total. The largest absolute Gasteiger partial charge is 0.497 e. The molecule has 2 saturated heterocycles. The van der Waals surface area contributed by atoms with E-state index in [4.69, 9.17) is 4.74 Å². The molecule has 2 aromatic rings. The van der Waals surface area contributed by atoms with Crippen molar-refractivity contribution >= 4 is 17.8 Å². The van der Waals surface area contributed by atoms with Crippen LogP contribution in [0.4, 0.5) is 4.79 Å². The molecule has 0 spiro atoms. The Hall–Kier alpha value is -3.62. The third-order valence-electron chi connectivity index (χ3n) is 7.10. The lowest BCUT2D eigenvalue weighted by Gasteiger charge is -2.43. The van der Waals surface area contributed by atoms with E-state index in [1.807, 2.05) is 34.9 Å². The van der Waals surface area contributed by atoms with Gasteiger partial charge in [0.2, 0.25) is 5.91 Å². The topological polar surface area (TPSA) is 101 Å². The van der Waals surface area contributed by atoms with Crippen molar-refractivity contribution in [2.75, 3.05) is 26.7 Å². The van der Waals surface area contributed by atoms with Gasteiger partial charge in [-0.15, -0.1) is 0 Å². The van der Waals surface area contributed by atoms with Gasteiger partial charge in [0.15, 0.2) is 0 Å². The summed E-state index contributed by atoms with van der Waals surface area (Å²) in [4.78, 5) is 53.6. The smallest absolute Gasteiger partial charge is 0.324 e. The molecule has 34 heavy (non-hydrogen) atoms. The minimum absolute atomic E-state index is 0.000901. The number of piperidine rings is 1. The maximum absolute atomic E-state index is 13.1. The van der Waals surface area contributed by atoms with Crippen molar-refractivity contribution < 1.29 is 19.1 Å². The quantitative estimate of drug-likeness (QED) is 0.651. The molecule has 0 radical (unpaired) electrons. The van der Waals surface area contributed by atoms with Gasteiger partial charge in [-0.2, -0.15) is 0 Å². The molecule has 178 valence electrons. The van der Waals surface area contributed by atoms with E-state index in [1.165, 1.54) is 4.90 Å². The summed E-state index contributed by atoms with van der Waals surface area (Å²) in [6, 6.07) is 11.5. The van der Waals surface area contributed by atoms with Crippen LogP contribution in [-0.2, 0) is 22.6 Å². The highest BCUT2D eigenvalue weighted by molar-refractivity contribution is 6.05. The SMILES string of the molecule is COc1ccc(CCN2C(=O)N[C@@H](CC(=O)N3C[C@@H]4C[C@H](C3)c3cccc(=O)n3C4)C2=O)cc1. The molecule has 3 aliphatic rings. The number of aromatic nitrogens is 1. The number of nitrogens with zero attached hydrogens (tertiary/aromatic N) is 3. The lowest BCUT2D eigenvalue weighted by Crippen LogP contribution is -2.50. The number of likely N-dealkylation sites (tertiary alicyclic amines) is 1. The molecule has 3 aliphatic heterocycles. The third-order valence-corrected chi connectivity index (χ3v) is 7.10. The van der Waals surface area contributed by atoms with Crippen LogP contribution in [0, 0.1) is 5.92 Å². The van der Waals surface area contributed by atoms with E-state index >= 15 is 0 Å². The zero-order valence-corrected chi connectivity index (χ0v) is 19.1. The van der Waals surface area contributed by atoms with Crippen molar-refractivity contribution in [2.45, 2.75) is 37.8 Å². The van der Waals surface area contributed by atoms with Crippen LogP contribution < -0.4 is 15.6 Å². The summed E-state index contributed by atoms with van der Waals surface area (Å²) in [6.07, 6.45) is 1.42. The van der Waals surface area contributed by atoms with E-state index < -0.39 is 12.1 Å². The Labute approximate surface area is 197 Å². The molecule has 3 atom stereocenters. The van der Waals surface area contributed by atoms with Gasteiger partial charge in [-0.25, -0.2) is 4.79 Å². The van der Waals surface area contributed by atoms with Gasteiger partial charge in [0.05, 0.1) is 13.5 Å². The minimum Gasteiger partial charge on any atom is -0.497 e. The molecule has 1 N–H and O–H groups in total. The number of imide groups is 1. The summed E-state index contributed by atoms with van der Waals surface area (Å²) in [5.41, 5.74) is 1.96. The molecule has 2 bridgehead atoms. The molecule has 2 fully saturated rings. The Morgan fingerprint density at radius 2 is 1.85 bits per heavy atom. The molecule has 4 amide bonds. The number of nitrogens with one attached hydrogen (secondary N) is 1. The Morgan fingerprint density at radius 1 is 1.06 bits per heavy atom. The number of rotatable bonds is 6. The van der Waals surface area contributed by atoms with E-state index in [1.54, 1.807) is 24.1 Å². The van der Waals surface area contributed by atoms with Crippen molar-refractivity contribution in [3.05, 3.63) is 64.1 Å². The normalized spacial score (nSPS) is 23.5. The lowest BCUT2D eigenvalue weighted by molar-refractivity contribution is -0.137. The minimum atomic E-state index is -0.840. The van der Waals surface area contributed by atoms with Crippen LogP contribution in [-0.4, -0.2) is 65.0 Å². The average Bonchev–Trinajstić information content (AvgIpc) is 3.10. The summed E-state index contributed by atoms with van der Waals surface area (Å²) in [7, 11) is 1.60. The van der Waals surface area contributed by atoms with Crippen molar-refractivity contribution in [3.63, 3.8) is 0 Å². The van der Waals surface area contributed by atoms with Gasteiger partial charge >= 0.3 is 6.03 Å². The van der Waals surface area contributed by atoms with Gasteiger partial charge in [0.1, 0.15) is 11.8 Å². The van der Waals surface area contributed by atoms with Crippen molar-refractivity contribution in [2.24, 2.45) is 5.92 Å². The van der Waals surface area contributed by atoms with Crippen molar-refractivity contribution in [1.82, 2.24) is 19.7 Å². The van der Waals surface area contributed by atoms with Crippen LogP contribution in [0.3, 0.4) is 0 Å². The van der Waals surface area contributed by atoms with E-state index in [0.29, 0.717) is 26.1 Å². The van der Waals surface area contributed by atoms with Crippen molar-refractivity contribution in [1.29, 1.82) is 0 Å². The van der Waals surface area contributed by atoms with E-state index in [-0.39, 0.29) is 42.2 Å². The Bertz CT molecular complexity index is 1170. The Kier molecular flexibility index (Phi) is 5.85. The monoisotopic (exact) mass is 464 g/mol. The molecule has 4 heterocycles. The van der Waals surface area contributed by atoms with E-state index in [0.717, 1.165) is 23.4 Å². The van der Waals surface area contributed by atoms with Crippen LogP contribution >= 0.6 is 0 Å². The average molecular weight is 465 g/mol. The van der Waals surface area contributed by atoms with Crippen LogP contribution in [0.25, 0.3) is 0 Å². The number of carbonyl (C=O) groups excluding carboxylic acids is 3. The number of amides is 4. The van der Waals surface area contributed by atoms with Gasteiger partial charge in [-0.05, 0) is 42.5 Å². The second kappa shape index (κ2) is 8.96. The van der Waals surface area contributed by atoms with Gasteiger partial charge in [-0.3, -0.25) is 19.3 Å². The zero-order valence-electron chi connectivity index (χ0n) is 19.1. The summed E-state index contributed by atoms with van der Waals surface area (Å²) in [6.45, 7) is 1.94. The number of hydrogen-bond acceptors (Lipinski definition) is 5. The molecular weight excluding hydrogens is 436 g/mol. The van der Waals surface area contributed by atoms with Gasteiger partial charge in [-0.1, -0.05) is 18.2 Å². The molecule has 0 aliphatic carbocycles. The number of benzene rings is 1. The van der Waals surface area contributed by atoms with E-state index in [9.17, 15) is 19.2 Å². The lowest BCUT2D eigenvalue weighted by atomic mass is 9.83. The molecule has 9 heteroatoms. The predicted octanol–water partition coefficient (Wildman–Crippen LogP) is 1.36. The second-order valence-corrected chi connectivity index (χ2v) is 9.29. The molecule has 0 saturated carbocycles. The van der Waals surface area contributed by atoms with Gasteiger partial charge in [0.25, 0.3) is 11.5 Å². The highest BCUT2D eigenvalue weighted by Gasteiger charge is 2.41. The molecule has 5 rings (SSSR count). The third kappa shape index (κ3) is 4.18. The predicted molar refractivity (Wildman–Crippen MR) is 123 cm³/mol. The van der Waals surface area contributed by atoms with Crippen LogP contribution in [0.1, 0.15) is 30.0 Å². The second-order valence-electron chi connectivity index (χ2n) is 9.29. The first-order valence-corrected chi connectivity index (χ1v) is 11.6. The zero-order chi connectivity index (χ0) is 23.8. The fraction of sp³-hybridized carbons (Fsp3) is 0.440. The van der Waals surface area contributed by atoms with Gasteiger partial charge < -0.3 is 19.5 Å². The standard InChI is InChI=1S/C25H28N4O5/c1-34-19-7-5-16(6-8-19)9-10-28-24(32)20(26-25(28)33)12-23(31)27-13-17-11-18(15-27)21-3-2-4-22(30)29(21)14-17/h2-8,17-18,20H,9-15H2,1H3,(H,26,33)/t17-,18+,20-/m0/s1. The highest BCUT2D eigenvalue weighted by Crippen LogP contribution is 2.35. The number of pyridine rings is 1. The molecular formula is C25H28N4O5. The first-order valence-electron chi connectivity index (χ1n) is 11.6. The molecule has 0 unspecified atom stereocenters. The summed E-state index contributed by atoms with van der Waals surface area (Å²) >= 11 is 0. The summed E-state index contributed by atoms with van der Waals surface area (Å²) in [5, 5.41) is 2.68. The summed E-state index contributed by atoms with van der Waals surface area (Å²) in [5.74, 6) is 0.568. The number of ether oxygens (including phenoxy) is 1. The Balaban J connectivity index is 1.19. The number of urea groups is 1. The number of hydrogen-bond donors (Lipinski definition) is 1. The number of methoxy groups -OCH3 is 1. The highest BCUT2D eigenvalue weighted by atomic mass is 16.5. The fourth-order valence-corrected chi connectivity index (χ4v) is 5.36. The fourth-order valence-electron chi connectivity index (χ4n) is 5.36. The number of fused-ring (bicyclic) bond motifs is 4. The van der Waals surface area contributed by atoms with Crippen molar-refractivity contribution in [3.8, 4) is 5.75 Å². The number of carbonyl (C=O) groups is 3. The first kappa shape index (κ1) is 22.2. The molecule has 1 aromatic carbocycles. The first-order chi connectivity index (χ1) is 16.4. The van der Waals surface area contributed by atoms with Crippen LogP contribution in [0.2, 0.25) is 0 Å². The maximum atomic E-state index is 13.1.